The number of ether oxygens (including phenoxy) is 1. The Balaban J connectivity index is 1.85. The number of aryl methyl sites for hydroxylation is 3. The molecule has 10 heteroatoms. The number of nitrogens with two attached hydrogens (primary N) is 1. The van der Waals surface area contributed by atoms with E-state index in [2.05, 4.69) is 14.2 Å². The predicted octanol–water partition coefficient (Wildman–Crippen LogP) is 2.86. The zero-order valence-electron chi connectivity index (χ0n) is 21.1. The third-order valence-electron chi connectivity index (χ3n) is 5.73. The molecule has 0 spiro atoms. The van der Waals surface area contributed by atoms with E-state index in [4.69, 9.17) is 14.9 Å². The van der Waals surface area contributed by atoms with Gasteiger partial charge in [-0.3, -0.25) is 9.69 Å². The summed E-state index contributed by atoms with van der Waals surface area (Å²) in [5.41, 5.74) is 8.02. The van der Waals surface area contributed by atoms with Gasteiger partial charge in [-0.15, -0.1) is 9.24 Å². The van der Waals surface area contributed by atoms with E-state index in [0.717, 1.165) is 16.7 Å². The fourth-order valence-electron chi connectivity index (χ4n) is 3.90. The van der Waals surface area contributed by atoms with Gasteiger partial charge in [-0.2, -0.15) is 0 Å². The zero-order valence-corrected chi connectivity index (χ0v) is 22.3. The van der Waals surface area contributed by atoms with Gasteiger partial charge in [0, 0.05) is 18.7 Å². The molecule has 1 unspecified atom stereocenters. The molecule has 0 aliphatic carbocycles. The monoisotopic (exact) mass is 517 g/mol. The Morgan fingerprint density at radius 2 is 1.81 bits per heavy atom. The number of benzene rings is 2. The Hall–Kier alpha value is -2.84. The molecular weight excluding hydrogens is 484 g/mol. The summed E-state index contributed by atoms with van der Waals surface area (Å²) in [6.07, 6.45) is -1.65. The molecule has 2 aromatic carbocycles. The first-order valence-electron chi connectivity index (χ1n) is 11.4. The Labute approximate surface area is 212 Å². The van der Waals surface area contributed by atoms with Crippen molar-refractivity contribution in [1.82, 2.24) is 9.88 Å². The Kier molecular flexibility index (Phi) is 8.52. The van der Waals surface area contributed by atoms with E-state index in [1.807, 2.05) is 30.9 Å². The highest BCUT2D eigenvalue weighted by atomic mass is 31.0. The first-order valence-corrected chi connectivity index (χ1v) is 12.0. The van der Waals surface area contributed by atoms with E-state index in [1.54, 1.807) is 26.8 Å². The smallest absolute Gasteiger partial charge is 0.231 e. The number of carbonyl (C=O) groups is 1. The van der Waals surface area contributed by atoms with Crippen molar-refractivity contribution in [3.63, 3.8) is 0 Å². The molecule has 1 atom stereocenters. The second-order valence-corrected chi connectivity index (χ2v) is 10.2. The number of halogens is 1. The SMILES string of the molecule is Cc1cc(CN(CC(N)=O)Cc2nc(-c3cc(F)cc(P)c3)oc2C)cc(C)c1OC(C)(C)C(O)O. The summed E-state index contributed by atoms with van der Waals surface area (Å²) >= 11 is 0. The van der Waals surface area contributed by atoms with Gasteiger partial charge in [-0.05, 0) is 74.8 Å². The molecule has 0 radical (unpaired) electrons. The molecule has 3 rings (SSSR count). The van der Waals surface area contributed by atoms with Crippen molar-refractivity contribution < 1.29 is 28.6 Å². The highest BCUT2D eigenvalue weighted by molar-refractivity contribution is 7.27. The number of primary amides is 1. The van der Waals surface area contributed by atoms with Crippen LogP contribution in [0.25, 0.3) is 11.5 Å². The molecule has 0 fully saturated rings. The summed E-state index contributed by atoms with van der Waals surface area (Å²) in [6.45, 7) is 9.39. The van der Waals surface area contributed by atoms with Gasteiger partial charge in [-0.1, -0.05) is 12.1 Å². The van der Waals surface area contributed by atoms with Crippen molar-refractivity contribution in [3.05, 3.63) is 64.3 Å². The van der Waals surface area contributed by atoms with E-state index >= 15 is 0 Å². The lowest BCUT2D eigenvalue weighted by molar-refractivity contribution is -0.154. The average Bonchev–Trinajstić information content (AvgIpc) is 3.10. The van der Waals surface area contributed by atoms with E-state index in [0.29, 0.717) is 47.1 Å². The number of oxazole rings is 1. The van der Waals surface area contributed by atoms with Crippen molar-refractivity contribution in [1.29, 1.82) is 0 Å². The van der Waals surface area contributed by atoms with Crippen molar-refractivity contribution in [2.24, 2.45) is 5.73 Å². The molecule has 0 saturated carbocycles. The van der Waals surface area contributed by atoms with Crippen LogP contribution >= 0.6 is 9.24 Å². The van der Waals surface area contributed by atoms with Gasteiger partial charge < -0.3 is 25.1 Å². The molecule has 36 heavy (non-hydrogen) atoms. The molecule has 1 heterocycles. The summed E-state index contributed by atoms with van der Waals surface area (Å²) in [5, 5.41) is 19.9. The maximum atomic E-state index is 13.9. The maximum Gasteiger partial charge on any atom is 0.231 e. The van der Waals surface area contributed by atoms with Gasteiger partial charge >= 0.3 is 0 Å². The van der Waals surface area contributed by atoms with Crippen LogP contribution in [0.5, 0.6) is 5.75 Å². The number of hydrogen-bond acceptors (Lipinski definition) is 7. The summed E-state index contributed by atoms with van der Waals surface area (Å²) in [6, 6.07) is 8.35. The number of amides is 1. The van der Waals surface area contributed by atoms with Gasteiger partial charge in [0.2, 0.25) is 11.8 Å². The fourth-order valence-corrected chi connectivity index (χ4v) is 4.24. The average molecular weight is 518 g/mol. The Morgan fingerprint density at radius 3 is 2.36 bits per heavy atom. The van der Waals surface area contributed by atoms with Crippen LogP contribution in [0.15, 0.2) is 34.7 Å². The number of aromatic nitrogens is 1. The van der Waals surface area contributed by atoms with E-state index < -0.39 is 17.8 Å². The van der Waals surface area contributed by atoms with E-state index in [1.165, 1.54) is 12.1 Å². The van der Waals surface area contributed by atoms with Crippen LogP contribution in [0.3, 0.4) is 0 Å². The highest BCUT2D eigenvalue weighted by Crippen LogP contribution is 2.30. The first kappa shape index (κ1) is 27.7. The summed E-state index contributed by atoms with van der Waals surface area (Å²) in [7, 11) is 2.45. The minimum Gasteiger partial charge on any atom is -0.482 e. The Bertz CT molecular complexity index is 1220. The third kappa shape index (κ3) is 6.89. The normalized spacial score (nSPS) is 12.0. The van der Waals surface area contributed by atoms with Crippen LogP contribution in [-0.4, -0.2) is 44.4 Å². The molecule has 4 N–H and O–H groups in total. The van der Waals surface area contributed by atoms with Gasteiger partial charge in [0.05, 0.1) is 12.2 Å². The lowest BCUT2D eigenvalue weighted by Crippen LogP contribution is -2.42. The molecule has 1 amide bonds. The van der Waals surface area contributed by atoms with Crippen LogP contribution in [0.4, 0.5) is 4.39 Å². The molecule has 0 aliphatic heterocycles. The number of carbonyl (C=O) groups excluding carboxylic acids is 1. The third-order valence-corrected chi connectivity index (χ3v) is 6.06. The van der Waals surface area contributed by atoms with Crippen molar-refractivity contribution in [2.75, 3.05) is 6.54 Å². The van der Waals surface area contributed by atoms with E-state index in [9.17, 15) is 19.4 Å². The summed E-state index contributed by atoms with van der Waals surface area (Å²) in [5.74, 6) is 0.557. The molecule has 8 nitrogen and oxygen atoms in total. The molecule has 0 bridgehead atoms. The molecule has 0 aliphatic rings. The summed E-state index contributed by atoms with van der Waals surface area (Å²) in [4.78, 5) is 18.2. The number of nitrogens with zero attached hydrogens (tertiary/aromatic N) is 2. The van der Waals surface area contributed by atoms with E-state index in [-0.39, 0.29) is 12.4 Å². The van der Waals surface area contributed by atoms with Crippen LogP contribution < -0.4 is 15.8 Å². The topological polar surface area (TPSA) is 122 Å². The zero-order chi connectivity index (χ0) is 26.8. The molecule has 1 aromatic heterocycles. The molecule has 3 aromatic rings. The molecule has 0 saturated heterocycles. The van der Waals surface area contributed by atoms with Crippen LogP contribution in [-0.2, 0) is 17.9 Å². The van der Waals surface area contributed by atoms with Crippen LogP contribution in [0, 0.1) is 26.6 Å². The highest BCUT2D eigenvalue weighted by Gasteiger charge is 2.29. The minimum absolute atomic E-state index is 0.00255. The molecule has 194 valence electrons. The van der Waals surface area contributed by atoms with Gasteiger partial charge in [-0.25, -0.2) is 9.37 Å². The van der Waals surface area contributed by atoms with Gasteiger partial charge in [0.15, 0.2) is 11.9 Å². The quantitative estimate of drug-likeness (QED) is 0.279. The van der Waals surface area contributed by atoms with Gasteiger partial charge in [0.25, 0.3) is 0 Å². The summed E-state index contributed by atoms with van der Waals surface area (Å²) < 4.78 is 25.5. The second kappa shape index (κ2) is 11.0. The number of aliphatic hydroxyl groups excluding tert-OH is 1. The minimum atomic E-state index is -1.65. The number of rotatable bonds is 10. The number of aliphatic hydroxyl groups is 2. The predicted molar refractivity (Wildman–Crippen MR) is 138 cm³/mol. The lowest BCUT2D eigenvalue weighted by Gasteiger charge is -2.30. The maximum absolute atomic E-state index is 13.9. The first-order chi connectivity index (χ1) is 16.7. The van der Waals surface area contributed by atoms with Crippen molar-refractivity contribution in [2.45, 2.75) is 59.6 Å². The fraction of sp³-hybridized carbons (Fsp3) is 0.385. The second-order valence-electron chi connectivity index (χ2n) is 9.54. The number of hydrogen-bond donors (Lipinski definition) is 3. The molecular formula is C26H33FN3O5P. The van der Waals surface area contributed by atoms with Crippen LogP contribution in [0.1, 0.15) is 42.0 Å². The standard InChI is InChI=1S/C26H33FN3O5P/c1-14-6-17(7-15(2)23(14)35-26(4,5)25(32)33)11-30(13-22(28)31)12-21-16(3)34-24(29-21)18-8-19(27)10-20(36)9-18/h6-10,25,32-33H,11-13,36H2,1-5H3,(H2,28,31). The van der Waals surface area contributed by atoms with Gasteiger partial charge in [0.1, 0.15) is 17.3 Å². The lowest BCUT2D eigenvalue weighted by atomic mass is 10.0. The van der Waals surface area contributed by atoms with Crippen molar-refractivity contribution >= 4 is 20.5 Å². The largest absolute Gasteiger partial charge is 0.482 e. The van der Waals surface area contributed by atoms with Crippen molar-refractivity contribution in [3.8, 4) is 17.2 Å². The Morgan fingerprint density at radius 1 is 1.17 bits per heavy atom. The van der Waals surface area contributed by atoms with Crippen LogP contribution in [0.2, 0.25) is 0 Å².